The third-order valence-electron chi connectivity index (χ3n) is 6.07. The van der Waals surface area contributed by atoms with Crippen LogP contribution < -0.4 is 10.9 Å². The van der Waals surface area contributed by atoms with Crippen molar-refractivity contribution in [1.82, 2.24) is 10.3 Å². The van der Waals surface area contributed by atoms with Gasteiger partial charge in [-0.25, -0.2) is 4.79 Å². The van der Waals surface area contributed by atoms with Crippen LogP contribution in [0.1, 0.15) is 37.2 Å². The van der Waals surface area contributed by atoms with Gasteiger partial charge in [-0.1, -0.05) is 42.5 Å². The number of carbonyl (C=O) groups excluding carboxylic acids is 2. The first-order valence-electron chi connectivity index (χ1n) is 9.81. The SMILES string of the molecule is O=C1NC(=O)[C@]2(CCC[C@@H](c3ccc(-c4ccc5ccccc5c4)[nH]c3=O)C2)O1. The molecule has 2 heterocycles. The van der Waals surface area contributed by atoms with E-state index in [1.165, 1.54) is 0 Å². The second-order valence-corrected chi connectivity index (χ2v) is 7.85. The number of hydrogen-bond donors (Lipinski definition) is 2. The Morgan fingerprint density at radius 3 is 2.55 bits per heavy atom. The lowest BCUT2D eigenvalue weighted by atomic mass is 9.75. The fourth-order valence-corrected chi connectivity index (χ4v) is 4.59. The highest BCUT2D eigenvalue weighted by molar-refractivity contribution is 6.03. The van der Waals surface area contributed by atoms with E-state index in [9.17, 15) is 14.4 Å². The Morgan fingerprint density at radius 2 is 1.79 bits per heavy atom. The number of rotatable bonds is 2. The first kappa shape index (κ1) is 17.7. The maximum absolute atomic E-state index is 12.9. The molecule has 2 atom stereocenters. The van der Waals surface area contributed by atoms with Gasteiger partial charge in [0.25, 0.3) is 11.5 Å². The Labute approximate surface area is 166 Å². The third-order valence-corrected chi connectivity index (χ3v) is 6.07. The van der Waals surface area contributed by atoms with E-state index < -0.39 is 17.6 Å². The molecule has 146 valence electrons. The summed E-state index contributed by atoms with van der Waals surface area (Å²) in [7, 11) is 0. The monoisotopic (exact) mass is 388 g/mol. The molecule has 2 fully saturated rings. The number of H-pyrrole nitrogens is 1. The Kier molecular flexibility index (Phi) is 4.01. The topological polar surface area (TPSA) is 88.3 Å². The van der Waals surface area contributed by atoms with Crippen LogP contribution in [-0.4, -0.2) is 22.6 Å². The largest absolute Gasteiger partial charge is 0.432 e. The van der Waals surface area contributed by atoms with Gasteiger partial charge in [-0.15, -0.1) is 0 Å². The van der Waals surface area contributed by atoms with Crippen LogP contribution in [0.25, 0.3) is 22.0 Å². The summed E-state index contributed by atoms with van der Waals surface area (Å²) in [6.07, 6.45) is 1.63. The molecule has 1 spiro atoms. The van der Waals surface area contributed by atoms with Gasteiger partial charge in [0.15, 0.2) is 5.60 Å². The van der Waals surface area contributed by atoms with Crippen LogP contribution in [0.2, 0.25) is 0 Å². The minimum Gasteiger partial charge on any atom is -0.432 e. The van der Waals surface area contributed by atoms with Gasteiger partial charge < -0.3 is 9.72 Å². The summed E-state index contributed by atoms with van der Waals surface area (Å²) >= 11 is 0. The quantitative estimate of drug-likeness (QED) is 0.698. The highest BCUT2D eigenvalue weighted by atomic mass is 16.6. The predicted octanol–water partition coefficient (Wildman–Crippen LogP) is 3.86. The fourth-order valence-electron chi connectivity index (χ4n) is 4.59. The zero-order valence-corrected chi connectivity index (χ0v) is 15.7. The summed E-state index contributed by atoms with van der Waals surface area (Å²) in [4.78, 5) is 39.6. The molecule has 5 rings (SSSR count). The van der Waals surface area contributed by atoms with E-state index in [4.69, 9.17) is 4.74 Å². The average Bonchev–Trinajstić information content (AvgIpc) is 2.99. The Hall–Kier alpha value is -3.41. The van der Waals surface area contributed by atoms with E-state index in [0.717, 1.165) is 34.9 Å². The van der Waals surface area contributed by atoms with Crippen LogP contribution in [0.5, 0.6) is 0 Å². The van der Waals surface area contributed by atoms with Crippen molar-refractivity contribution in [2.45, 2.75) is 37.2 Å². The standard InChI is InChI=1S/C23H20N2O4/c26-20-18(17-6-3-11-23(13-17)21(27)25-22(28)29-23)9-10-19(24-20)16-8-7-14-4-1-2-5-15(14)12-16/h1-2,4-5,7-10,12,17H,3,6,11,13H2,(H,24,26)(H,25,27,28)/t17-,23-/m1/s1. The van der Waals surface area contributed by atoms with E-state index in [2.05, 4.69) is 22.4 Å². The molecule has 29 heavy (non-hydrogen) atoms. The highest BCUT2D eigenvalue weighted by Crippen LogP contribution is 2.42. The first-order valence-corrected chi connectivity index (χ1v) is 9.81. The van der Waals surface area contributed by atoms with Gasteiger partial charge in [-0.05, 0) is 53.6 Å². The molecule has 1 saturated heterocycles. The average molecular weight is 388 g/mol. The molecule has 0 bridgehead atoms. The van der Waals surface area contributed by atoms with Crippen LogP contribution in [0.15, 0.2) is 59.4 Å². The van der Waals surface area contributed by atoms with Crippen LogP contribution in [0, 0.1) is 0 Å². The number of carbonyl (C=O) groups is 2. The lowest BCUT2D eigenvalue weighted by molar-refractivity contribution is -0.134. The van der Waals surface area contributed by atoms with Crippen molar-refractivity contribution in [2.75, 3.05) is 0 Å². The first-order chi connectivity index (χ1) is 14.0. The van der Waals surface area contributed by atoms with Crippen molar-refractivity contribution in [3.05, 3.63) is 70.5 Å². The highest BCUT2D eigenvalue weighted by Gasteiger charge is 2.51. The number of ether oxygens (including phenoxy) is 1. The molecule has 2 aromatic carbocycles. The number of nitrogens with one attached hydrogen (secondary N) is 2. The number of aromatic nitrogens is 1. The molecule has 1 aliphatic carbocycles. The van der Waals surface area contributed by atoms with Crippen LogP contribution >= 0.6 is 0 Å². The summed E-state index contributed by atoms with van der Waals surface area (Å²) < 4.78 is 5.32. The minimum absolute atomic E-state index is 0.130. The van der Waals surface area contributed by atoms with E-state index in [1.54, 1.807) is 0 Å². The van der Waals surface area contributed by atoms with Gasteiger partial charge in [0.05, 0.1) is 0 Å². The third kappa shape index (κ3) is 3.01. The molecular weight excluding hydrogens is 368 g/mol. The molecule has 1 aromatic heterocycles. The number of hydrogen-bond acceptors (Lipinski definition) is 4. The van der Waals surface area contributed by atoms with Gasteiger partial charge in [0.1, 0.15) is 0 Å². The second kappa shape index (κ2) is 6.58. The van der Waals surface area contributed by atoms with E-state index in [-0.39, 0.29) is 11.5 Å². The molecule has 0 unspecified atom stereocenters. The van der Waals surface area contributed by atoms with E-state index in [1.807, 2.05) is 42.5 Å². The van der Waals surface area contributed by atoms with Gasteiger partial charge in [-0.3, -0.25) is 14.9 Å². The van der Waals surface area contributed by atoms with Crippen molar-refractivity contribution in [3.8, 4) is 11.3 Å². The number of amides is 2. The van der Waals surface area contributed by atoms with Crippen molar-refractivity contribution >= 4 is 22.8 Å². The summed E-state index contributed by atoms with van der Waals surface area (Å²) in [5.41, 5.74) is 1.02. The van der Waals surface area contributed by atoms with Gasteiger partial charge >= 0.3 is 6.09 Å². The van der Waals surface area contributed by atoms with Gasteiger partial charge in [0, 0.05) is 17.7 Å². The summed E-state index contributed by atoms with van der Waals surface area (Å²) in [6.45, 7) is 0. The molecule has 0 radical (unpaired) electrons. The lowest BCUT2D eigenvalue weighted by Gasteiger charge is -2.33. The van der Waals surface area contributed by atoms with Crippen molar-refractivity contribution in [2.24, 2.45) is 0 Å². The van der Waals surface area contributed by atoms with Crippen LogP contribution in [0.3, 0.4) is 0 Å². The number of alkyl carbamates (subject to hydrolysis) is 1. The summed E-state index contributed by atoms with van der Waals surface area (Å²) in [5, 5.41) is 4.48. The number of pyridine rings is 1. The Balaban J connectivity index is 1.46. The minimum atomic E-state index is -1.14. The van der Waals surface area contributed by atoms with Crippen LogP contribution in [-0.2, 0) is 9.53 Å². The van der Waals surface area contributed by atoms with Crippen molar-refractivity contribution in [3.63, 3.8) is 0 Å². The normalized spacial score (nSPS) is 23.9. The number of benzene rings is 2. The predicted molar refractivity (Wildman–Crippen MR) is 109 cm³/mol. The zero-order chi connectivity index (χ0) is 20.0. The molecule has 2 amide bonds. The molecule has 2 N–H and O–H groups in total. The molecule has 1 aliphatic heterocycles. The Bertz CT molecular complexity index is 1200. The molecule has 6 heteroatoms. The number of fused-ring (bicyclic) bond motifs is 1. The molecule has 2 aliphatic rings. The van der Waals surface area contributed by atoms with Gasteiger partial charge in [-0.2, -0.15) is 0 Å². The molecule has 1 saturated carbocycles. The second-order valence-electron chi connectivity index (χ2n) is 7.85. The van der Waals surface area contributed by atoms with Crippen molar-refractivity contribution < 1.29 is 14.3 Å². The molecule has 6 nitrogen and oxygen atoms in total. The molecule has 3 aromatic rings. The Morgan fingerprint density at radius 1 is 0.966 bits per heavy atom. The van der Waals surface area contributed by atoms with Gasteiger partial charge in [0.2, 0.25) is 0 Å². The lowest BCUT2D eigenvalue weighted by Crippen LogP contribution is -2.43. The fraction of sp³-hybridized carbons (Fsp3) is 0.261. The zero-order valence-electron chi connectivity index (χ0n) is 15.7. The number of imide groups is 1. The number of aromatic amines is 1. The molecular formula is C23H20N2O4. The summed E-state index contributed by atoms with van der Waals surface area (Å²) in [5.74, 6) is -0.522. The van der Waals surface area contributed by atoms with Crippen molar-refractivity contribution in [1.29, 1.82) is 0 Å². The van der Waals surface area contributed by atoms with E-state index in [0.29, 0.717) is 18.4 Å². The van der Waals surface area contributed by atoms with E-state index >= 15 is 0 Å². The maximum Gasteiger partial charge on any atom is 0.415 e. The maximum atomic E-state index is 12.9. The van der Waals surface area contributed by atoms with Crippen LogP contribution in [0.4, 0.5) is 4.79 Å². The summed E-state index contributed by atoms with van der Waals surface area (Å²) in [6, 6.07) is 17.9. The smallest absolute Gasteiger partial charge is 0.415 e.